The van der Waals surface area contributed by atoms with Crippen molar-refractivity contribution in [1.82, 2.24) is 19.8 Å². The topological polar surface area (TPSA) is 117 Å². The molecule has 1 saturated heterocycles. The second-order valence-corrected chi connectivity index (χ2v) is 12.3. The number of likely N-dealkylation sites (N-methyl/N-ethyl adjacent to an activating group) is 1. The Kier molecular flexibility index (Phi) is 8.94. The molecule has 2 heterocycles. The number of sulfone groups is 1. The Morgan fingerprint density at radius 3 is 2.49 bits per heavy atom. The lowest BCUT2D eigenvalue weighted by Crippen LogP contribution is -2.47. The summed E-state index contributed by atoms with van der Waals surface area (Å²) in [4.78, 5) is 26.0. The van der Waals surface area contributed by atoms with Crippen LogP contribution in [0.1, 0.15) is 31.1 Å². The highest BCUT2D eigenvalue weighted by atomic mass is 35.5. The number of halogens is 1. The van der Waals surface area contributed by atoms with E-state index in [1.807, 2.05) is 18.9 Å². The van der Waals surface area contributed by atoms with Gasteiger partial charge in [0.2, 0.25) is 5.95 Å². The van der Waals surface area contributed by atoms with Gasteiger partial charge >= 0.3 is 0 Å². The smallest absolute Gasteiger partial charge is 0.254 e. The third-order valence-electron chi connectivity index (χ3n) is 6.38. The Hall–Kier alpha value is -3.41. The van der Waals surface area contributed by atoms with Gasteiger partial charge in [-0.1, -0.05) is 23.7 Å². The minimum absolute atomic E-state index is 0.0418. The Bertz CT molecular complexity index is 1440. The van der Waals surface area contributed by atoms with E-state index in [1.54, 1.807) is 56.3 Å². The summed E-state index contributed by atoms with van der Waals surface area (Å²) < 4.78 is 31.6. The molecule has 1 aromatic heterocycles. The summed E-state index contributed by atoms with van der Waals surface area (Å²) >= 11 is 6.36. The number of carbonyl (C=O) groups is 1. The first kappa shape index (κ1) is 28.6. The first-order valence-corrected chi connectivity index (χ1v) is 14.7. The number of para-hydroxylation sites is 1. The van der Waals surface area contributed by atoms with Gasteiger partial charge in [0.15, 0.2) is 15.7 Å². The Balaban J connectivity index is 1.59. The molecule has 0 radical (unpaired) electrons. The van der Waals surface area contributed by atoms with Crippen molar-refractivity contribution in [2.24, 2.45) is 0 Å². The zero-order valence-corrected chi connectivity index (χ0v) is 24.0. The summed E-state index contributed by atoms with van der Waals surface area (Å²) in [6.45, 7) is 8.55. The molecule has 0 aliphatic carbocycles. The Morgan fingerprint density at radius 2 is 1.79 bits per heavy atom. The maximum Gasteiger partial charge on any atom is 0.254 e. The molecule has 208 valence electrons. The van der Waals surface area contributed by atoms with Gasteiger partial charge in [-0.15, -0.1) is 0 Å². The summed E-state index contributed by atoms with van der Waals surface area (Å²) in [5.74, 6) is 0.893. The third-order valence-corrected chi connectivity index (χ3v) is 8.86. The molecule has 4 rings (SSSR count). The first-order valence-electron chi connectivity index (χ1n) is 12.7. The van der Waals surface area contributed by atoms with Crippen molar-refractivity contribution < 1.29 is 17.9 Å². The lowest BCUT2D eigenvalue weighted by molar-refractivity contribution is 0.0663. The number of rotatable bonds is 9. The number of amides is 1. The summed E-state index contributed by atoms with van der Waals surface area (Å²) in [5, 5.41) is 5.80. The monoisotopic (exact) mass is 572 g/mol. The number of hydrogen-bond acceptors (Lipinski definition) is 9. The molecule has 0 unspecified atom stereocenters. The molecule has 2 aromatic carbocycles. The number of benzene rings is 2. The number of anilines is 4. The van der Waals surface area contributed by atoms with E-state index < -0.39 is 15.1 Å². The van der Waals surface area contributed by atoms with Crippen LogP contribution in [-0.4, -0.2) is 79.2 Å². The summed E-state index contributed by atoms with van der Waals surface area (Å²) in [7, 11) is -1.50. The lowest BCUT2D eigenvalue weighted by atomic mass is 10.1. The van der Waals surface area contributed by atoms with Crippen LogP contribution in [0.2, 0.25) is 5.02 Å². The van der Waals surface area contributed by atoms with E-state index in [-0.39, 0.29) is 27.6 Å². The fourth-order valence-electron chi connectivity index (χ4n) is 4.06. The molecule has 10 nitrogen and oxygen atoms in total. The van der Waals surface area contributed by atoms with Crippen molar-refractivity contribution in [1.29, 1.82) is 0 Å². The summed E-state index contributed by atoms with van der Waals surface area (Å²) in [6.07, 6.45) is 1.42. The van der Waals surface area contributed by atoms with Crippen LogP contribution < -0.4 is 15.4 Å². The maximum absolute atomic E-state index is 13.1. The van der Waals surface area contributed by atoms with Crippen molar-refractivity contribution in [3.05, 3.63) is 59.2 Å². The molecule has 1 aliphatic rings. The number of ether oxygens (including phenoxy) is 1. The van der Waals surface area contributed by atoms with Crippen LogP contribution in [0.15, 0.2) is 53.6 Å². The third kappa shape index (κ3) is 6.60. The molecule has 1 aliphatic heterocycles. The normalized spacial score (nSPS) is 14.4. The van der Waals surface area contributed by atoms with Crippen molar-refractivity contribution >= 4 is 50.5 Å². The largest absolute Gasteiger partial charge is 0.492 e. The van der Waals surface area contributed by atoms with Gasteiger partial charge in [0.1, 0.15) is 10.8 Å². The number of aromatic nitrogens is 2. The van der Waals surface area contributed by atoms with Crippen LogP contribution in [0, 0.1) is 0 Å². The first-order chi connectivity index (χ1) is 18.6. The predicted octanol–water partition coefficient (Wildman–Crippen LogP) is 4.59. The van der Waals surface area contributed by atoms with Gasteiger partial charge in [-0.3, -0.25) is 4.79 Å². The van der Waals surface area contributed by atoms with E-state index in [0.717, 1.165) is 13.1 Å². The Morgan fingerprint density at radius 1 is 1.08 bits per heavy atom. The number of piperazine rings is 1. The molecule has 3 aromatic rings. The standard InChI is InChI=1S/C27H33ClN6O4S/c1-5-38-23-16-19(26(35)34-14-12-33(4)13-15-34)10-11-21(23)31-27-29-17-20(28)25(32-27)30-22-8-6-7-9-24(22)39(36,37)18(2)3/h6-11,16-18H,5,12-15H2,1-4H3,(H2,29,30,31,32). The molecule has 0 bridgehead atoms. The number of nitrogens with zero attached hydrogens (tertiary/aromatic N) is 4. The second kappa shape index (κ2) is 12.2. The zero-order valence-electron chi connectivity index (χ0n) is 22.4. The highest BCUT2D eigenvalue weighted by molar-refractivity contribution is 7.92. The summed E-state index contributed by atoms with van der Waals surface area (Å²) in [5.41, 5.74) is 1.47. The minimum atomic E-state index is -3.55. The van der Waals surface area contributed by atoms with Gasteiger partial charge in [0, 0.05) is 31.7 Å². The molecule has 1 fully saturated rings. The molecular weight excluding hydrogens is 540 g/mol. The maximum atomic E-state index is 13.1. The fourth-order valence-corrected chi connectivity index (χ4v) is 5.40. The minimum Gasteiger partial charge on any atom is -0.492 e. The van der Waals surface area contributed by atoms with Crippen molar-refractivity contribution in [3.8, 4) is 5.75 Å². The van der Waals surface area contributed by atoms with Crippen molar-refractivity contribution in [2.75, 3.05) is 50.5 Å². The molecule has 12 heteroatoms. The molecular formula is C27H33ClN6O4S. The van der Waals surface area contributed by atoms with Crippen LogP contribution in [-0.2, 0) is 9.84 Å². The molecule has 0 spiro atoms. The van der Waals surface area contributed by atoms with Crippen LogP contribution in [0.25, 0.3) is 0 Å². The predicted molar refractivity (Wildman–Crippen MR) is 153 cm³/mol. The van der Waals surface area contributed by atoms with Gasteiger partial charge in [-0.25, -0.2) is 13.4 Å². The number of nitrogens with one attached hydrogen (secondary N) is 2. The van der Waals surface area contributed by atoms with Crippen molar-refractivity contribution in [3.63, 3.8) is 0 Å². The van der Waals surface area contributed by atoms with Gasteiger partial charge in [0.25, 0.3) is 5.91 Å². The van der Waals surface area contributed by atoms with E-state index in [2.05, 4.69) is 25.5 Å². The van der Waals surface area contributed by atoms with Gasteiger partial charge < -0.3 is 25.2 Å². The molecule has 0 saturated carbocycles. The SMILES string of the molecule is CCOc1cc(C(=O)N2CCN(C)CC2)ccc1Nc1ncc(Cl)c(Nc2ccccc2S(=O)(=O)C(C)C)n1. The van der Waals surface area contributed by atoms with Crippen LogP contribution >= 0.6 is 11.6 Å². The van der Waals surface area contributed by atoms with E-state index >= 15 is 0 Å². The average molecular weight is 573 g/mol. The molecule has 1 amide bonds. The molecule has 0 atom stereocenters. The average Bonchev–Trinajstić information content (AvgIpc) is 2.92. The second-order valence-electron chi connectivity index (χ2n) is 9.47. The van der Waals surface area contributed by atoms with Gasteiger partial charge in [0.05, 0.1) is 34.3 Å². The Labute approximate surface area is 234 Å². The quantitative estimate of drug-likeness (QED) is 0.380. The highest BCUT2D eigenvalue weighted by Crippen LogP contribution is 2.32. The molecule has 39 heavy (non-hydrogen) atoms. The summed E-state index contributed by atoms with van der Waals surface area (Å²) in [6, 6.07) is 11.8. The highest BCUT2D eigenvalue weighted by Gasteiger charge is 2.24. The number of hydrogen-bond donors (Lipinski definition) is 2. The lowest BCUT2D eigenvalue weighted by Gasteiger charge is -2.32. The van der Waals surface area contributed by atoms with Crippen LogP contribution in [0.5, 0.6) is 5.75 Å². The van der Waals surface area contributed by atoms with Crippen LogP contribution in [0.4, 0.5) is 23.1 Å². The van der Waals surface area contributed by atoms with E-state index in [0.29, 0.717) is 42.4 Å². The van der Waals surface area contributed by atoms with Gasteiger partial charge in [-0.2, -0.15) is 4.98 Å². The van der Waals surface area contributed by atoms with Crippen molar-refractivity contribution in [2.45, 2.75) is 30.9 Å². The fraction of sp³-hybridized carbons (Fsp3) is 0.370. The zero-order chi connectivity index (χ0) is 28.2. The van der Waals surface area contributed by atoms with E-state index in [1.165, 1.54) is 6.20 Å². The number of carbonyl (C=O) groups excluding carboxylic acids is 1. The molecule has 2 N–H and O–H groups in total. The van der Waals surface area contributed by atoms with Gasteiger partial charge in [-0.05, 0) is 58.2 Å². The van der Waals surface area contributed by atoms with E-state index in [4.69, 9.17) is 16.3 Å². The van der Waals surface area contributed by atoms with Crippen LogP contribution in [0.3, 0.4) is 0 Å². The van der Waals surface area contributed by atoms with E-state index in [9.17, 15) is 13.2 Å².